The zero-order chi connectivity index (χ0) is 12.6. The zero-order valence-electron chi connectivity index (χ0n) is 9.86. The number of aliphatic hydroxyl groups excluding tert-OH is 1. The molecule has 0 aliphatic heterocycles. The van der Waals surface area contributed by atoms with E-state index in [4.69, 9.17) is 0 Å². The zero-order valence-corrected chi connectivity index (χ0v) is 9.86. The molecule has 2 rings (SSSR count). The molecule has 17 heavy (non-hydrogen) atoms. The second-order valence-electron chi connectivity index (χ2n) is 5.03. The molecule has 1 heterocycles. The van der Waals surface area contributed by atoms with Crippen LogP contribution in [0.3, 0.4) is 0 Å². The molecule has 92 valence electrons. The van der Waals surface area contributed by atoms with Crippen molar-refractivity contribution in [2.24, 2.45) is 5.41 Å². The molecule has 1 amide bonds. The van der Waals surface area contributed by atoms with Crippen LogP contribution < -0.4 is 10.9 Å². The van der Waals surface area contributed by atoms with Crippen molar-refractivity contribution in [1.82, 2.24) is 10.3 Å². The van der Waals surface area contributed by atoms with Gasteiger partial charge in [-0.05, 0) is 12.5 Å². The van der Waals surface area contributed by atoms with Crippen LogP contribution in [-0.2, 0) is 0 Å². The Bertz CT molecular complexity index is 493. The second kappa shape index (κ2) is 4.00. The number of hydrogen-bond acceptors (Lipinski definition) is 3. The summed E-state index contributed by atoms with van der Waals surface area (Å²) in [5, 5.41) is 12.4. The number of rotatable bonds is 2. The van der Waals surface area contributed by atoms with Crippen LogP contribution in [0, 0.1) is 5.41 Å². The maximum Gasteiger partial charge on any atom is 0.268 e. The lowest BCUT2D eigenvalue weighted by Crippen LogP contribution is -2.61. The lowest BCUT2D eigenvalue weighted by molar-refractivity contribution is -0.0690. The Morgan fingerprint density at radius 3 is 2.76 bits per heavy atom. The third kappa shape index (κ3) is 2.10. The molecule has 1 aliphatic carbocycles. The average molecular weight is 236 g/mol. The van der Waals surface area contributed by atoms with Crippen LogP contribution in [0.1, 0.15) is 30.8 Å². The predicted molar refractivity (Wildman–Crippen MR) is 62.7 cm³/mol. The van der Waals surface area contributed by atoms with E-state index in [1.54, 1.807) is 6.07 Å². The summed E-state index contributed by atoms with van der Waals surface area (Å²) in [6.07, 6.45) is 0.165. The third-order valence-corrected chi connectivity index (χ3v) is 3.53. The number of hydrogen-bond donors (Lipinski definition) is 3. The smallest absolute Gasteiger partial charge is 0.268 e. The molecule has 3 N–H and O–H groups in total. The summed E-state index contributed by atoms with van der Waals surface area (Å²) in [5.41, 5.74) is -0.370. The Morgan fingerprint density at radius 2 is 2.24 bits per heavy atom. The molecular formula is C12H16N2O3. The summed E-state index contributed by atoms with van der Waals surface area (Å²) >= 11 is 0. The van der Waals surface area contributed by atoms with Gasteiger partial charge >= 0.3 is 0 Å². The molecule has 1 saturated carbocycles. The van der Waals surface area contributed by atoms with Gasteiger partial charge < -0.3 is 15.4 Å². The van der Waals surface area contributed by atoms with Crippen LogP contribution in [-0.4, -0.2) is 28.1 Å². The van der Waals surface area contributed by atoms with Crippen molar-refractivity contribution in [2.75, 3.05) is 0 Å². The molecule has 1 aromatic rings. The lowest BCUT2D eigenvalue weighted by atomic mass is 9.64. The Balaban J connectivity index is 2.06. The van der Waals surface area contributed by atoms with Gasteiger partial charge in [0, 0.05) is 17.5 Å². The van der Waals surface area contributed by atoms with E-state index in [9.17, 15) is 14.7 Å². The van der Waals surface area contributed by atoms with E-state index in [1.165, 1.54) is 12.1 Å². The average Bonchev–Trinajstić information content (AvgIpc) is 2.28. The van der Waals surface area contributed by atoms with Crippen molar-refractivity contribution >= 4 is 5.91 Å². The highest BCUT2D eigenvalue weighted by atomic mass is 16.3. The molecule has 0 radical (unpaired) electrons. The highest BCUT2D eigenvalue weighted by Gasteiger charge is 2.48. The molecule has 0 bridgehead atoms. The largest absolute Gasteiger partial charge is 0.392 e. The number of aromatic amines is 1. The van der Waals surface area contributed by atoms with Gasteiger partial charge in [-0.15, -0.1) is 0 Å². The predicted octanol–water partition coefficient (Wildman–Crippen LogP) is 0.264. The highest BCUT2D eigenvalue weighted by Crippen LogP contribution is 2.40. The minimum Gasteiger partial charge on any atom is -0.392 e. The van der Waals surface area contributed by atoms with E-state index in [2.05, 4.69) is 10.3 Å². The molecule has 5 heteroatoms. The number of carbonyl (C=O) groups is 1. The summed E-state index contributed by atoms with van der Waals surface area (Å²) in [5.74, 6) is -0.312. The SMILES string of the molecule is CC1(C)C(O)CC1NC(=O)c1cccc(=O)[nH]1. The van der Waals surface area contributed by atoms with E-state index in [-0.39, 0.29) is 34.7 Å². The van der Waals surface area contributed by atoms with Gasteiger partial charge in [-0.1, -0.05) is 19.9 Å². The van der Waals surface area contributed by atoms with E-state index in [0.29, 0.717) is 6.42 Å². The number of amides is 1. The Labute approximate surface area is 98.9 Å². The van der Waals surface area contributed by atoms with E-state index in [1.807, 2.05) is 13.8 Å². The van der Waals surface area contributed by atoms with Crippen molar-refractivity contribution in [2.45, 2.75) is 32.4 Å². The van der Waals surface area contributed by atoms with Gasteiger partial charge in [0.2, 0.25) is 5.56 Å². The fraction of sp³-hybridized carbons (Fsp3) is 0.500. The Morgan fingerprint density at radius 1 is 1.53 bits per heavy atom. The summed E-state index contributed by atoms with van der Waals surface area (Å²) in [4.78, 5) is 25.4. The van der Waals surface area contributed by atoms with Gasteiger partial charge in [-0.25, -0.2) is 0 Å². The minimum atomic E-state index is -0.386. The van der Waals surface area contributed by atoms with Gasteiger partial charge in [0.05, 0.1) is 6.10 Å². The van der Waals surface area contributed by atoms with Crippen molar-refractivity contribution < 1.29 is 9.90 Å². The molecule has 0 spiro atoms. The topological polar surface area (TPSA) is 82.2 Å². The molecule has 2 atom stereocenters. The van der Waals surface area contributed by atoms with E-state index in [0.717, 1.165) is 0 Å². The third-order valence-electron chi connectivity index (χ3n) is 3.53. The van der Waals surface area contributed by atoms with Crippen LogP contribution in [0.15, 0.2) is 23.0 Å². The highest BCUT2D eigenvalue weighted by molar-refractivity contribution is 5.92. The van der Waals surface area contributed by atoms with Crippen LogP contribution in [0.5, 0.6) is 0 Å². The van der Waals surface area contributed by atoms with Gasteiger partial charge in [-0.2, -0.15) is 0 Å². The molecule has 2 unspecified atom stereocenters. The summed E-state index contributed by atoms with van der Waals surface area (Å²) < 4.78 is 0. The number of aliphatic hydroxyl groups is 1. The van der Waals surface area contributed by atoms with E-state index < -0.39 is 0 Å². The normalized spacial score (nSPS) is 26.1. The number of aromatic nitrogens is 1. The first-order chi connectivity index (χ1) is 7.91. The van der Waals surface area contributed by atoms with Crippen molar-refractivity contribution in [3.05, 3.63) is 34.2 Å². The van der Waals surface area contributed by atoms with Gasteiger partial charge in [0.25, 0.3) is 5.91 Å². The monoisotopic (exact) mass is 236 g/mol. The molecule has 1 aliphatic rings. The number of pyridine rings is 1. The van der Waals surface area contributed by atoms with Crippen molar-refractivity contribution in [3.63, 3.8) is 0 Å². The summed E-state index contributed by atoms with van der Waals surface area (Å²) in [6.45, 7) is 3.81. The summed E-state index contributed by atoms with van der Waals surface area (Å²) in [6, 6.07) is 4.38. The number of carbonyl (C=O) groups excluding carboxylic acids is 1. The number of H-pyrrole nitrogens is 1. The fourth-order valence-electron chi connectivity index (χ4n) is 1.96. The first-order valence-corrected chi connectivity index (χ1v) is 5.59. The van der Waals surface area contributed by atoms with Crippen LogP contribution in [0.25, 0.3) is 0 Å². The molecular weight excluding hydrogens is 220 g/mol. The standard InChI is InChI=1S/C12H16N2O3/c1-12(2)8(6-9(12)15)14-11(17)7-4-3-5-10(16)13-7/h3-5,8-9,15H,6H2,1-2H3,(H,13,16)(H,14,17). The quantitative estimate of drug-likeness (QED) is 0.689. The maximum absolute atomic E-state index is 11.8. The van der Waals surface area contributed by atoms with Crippen molar-refractivity contribution in [1.29, 1.82) is 0 Å². The van der Waals surface area contributed by atoms with Crippen LogP contribution in [0.4, 0.5) is 0 Å². The Kier molecular flexibility index (Phi) is 2.79. The fourth-order valence-corrected chi connectivity index (χ4v) is 1.96. The molecule has 0 saturated heterocycles. The second-order valence-corrected chi connectivity index (χ2v) is 5.03. The lowest BCUT2D eigenvalue weighted by Gasteiger charge is -2.49. The summed E-state index contributed by atoms with van der Waals surface area (Å²) in [7, 11) is 0. The Hall–Kier alpha value is -1.62. The van der Waals surface area contributed by atoms with Crippen LogP contribution in [0.2, 0.25) is 0 Å². The molecule has 1 aromatic heterocycles. The van der Waals surface area contributed by atoms with Gasteiger partial charge in [0.1, 0.15) is 5.69 Å². The maximum atomic E-state index is 11.8. The van der Waals surface area contributed by atoms with Crippen molar-refractivity contribution in [3.8, 4) is 0 Å². The molecule has 1 fully saturated rings. The first-order valence-electron chi connectivity index (χ1n) is 5.59. The van der Waals surface area contributed by atoms with Gasteiger partial charge in [0.15, 0.2) is 0 Å². The molecule has 5 nitrogen and oxygen atoms in total. The van der Waals surface area contributed by atoms with Gasteiger partial charge in [-0.3, -0.25) is 9.59 Å². The molecule has 0 aromatic carbocycles. The first kappa shape index (κ1) is 11.9. The minimum absolute atomic E-state index is 0.0614. The number of nitrogens with one attached hydrogen (secondary N) is 2. The van der Waals surface area contributed by atoms with E-state index >= 15 is 0 Å². The van der Waals surface area contributed by atoms with Crippen LogP contribution >= 0.6 is 0 Å².